The summed E-state index contributed by atoms with van der Waals surface area (Å²) in [5.74, 6) is 0.354. The smallest absolute Gasteiger partial charge is 0.116 e. The Hall–Kier alpha value is -2.40. The highest BCUT2D eigenvalue weighted by Crippen LogP contribution is 2.44. The maximum atomic E-state index is 9.85. The number of aromatic hydroxyl groups is 1. The molecule has 3 aliphatic rings. The summed E-state index contributed by atoms with van der Waals surface area (Å²) in [4.78, 5) is 9.75. The first-order valence-electron chi connectivity index (χ1n) is 9.04. The van der Waals surface area contributed by atoms with Gasteiger partial charge in [-0.1, -0.05) is 6.07 Å². The fourth-order valence-electron chi connectivity index (χ4n) is 4.64. The molecule has 0 amide bonds. The Morgan fingerprint density at radius 2 is 1.72 bits per heavy atom. The zero-order valence-electron chi connectivity index (χ0n) is 14.9. The summed E-state index contributed by atoms with van der Waals surface area (Å²) in [6.45, 7) is 8.00. The summed E-state index contributed by atoms with van der Waals surface area (Å²) in [5, 5.41) is 9.85. The minimum Gasteiger partial charge on any atom is -0.508 e. The van der Waals surface area contributed by atoms with E-state index in [0.29, 0.717) is 5.75 Å². The molecule has 2 bridgehead atoms. The van der Waals surface area contributed by atoms with Gasteiger partial charge in [0.15, 0.2) is 0 Å². The molecule has 0 aliphatic carbocycles. The van der Waals surface area contributed by atoms with Crippen LogP contribution in [0.4, 0.5) is 17.1 Å². The second-order valence-corrected chi connectivity index (χ2v) is 7.43. The van der Waals surface area contributed by atoms with Crippen molar-refractivity contribution in [2.75, 3.05) is 41.6 Å². The predicted octanol–water partition coefficient (Wildman–Crippen LogP) is 2.92. The van der Waals surface area contributed by atoms with Gasteiger partial charge in [-0.2, -0.15) is 0 Å². The molecule has 25 heavy (non-hydrogen) atoms. The van der Waals surface area contributed by atoms with Gasteiger partial charge in [0, 0.05) is 48.8 Å². The van der Waals surface area contributed by atoms with E-state index in [0.717, 1.165) is 39.5 Å². The highest BCUT2D eigenvalue weighted by molar-refractivity contribution is 5.77. The average molecular weight is 336 g/mol. The van der Waals surface area contributed by atoms with Crippen molar-refractivity contribution in [3.8, 4) is 5.75 Å². The van der Waals surface area contributed by atoms with Gasteiger partial charge in [-0.05, 0) is 49.4 Å². The van der Waals surface area contributed by atoms with E-state index in [1.807, 2.05) is 6.07 Å². The SMILES string of the molecule is CCN1CN(C)Cc2ccc3c(c21)CN1CN3Cc2cc(O)ccc21. The lowest BCUT2D eigenvalue weighted by molar-refractivity contribution is 0.310. The third-order valence-electron chi connectivity index (χ3n) is 5.69. The van der Waals surface area contributed by atoms with Crippen molar-refractivity contribution >= 4 is 17.1 Å². The fourth-order valence-corrected chi connectivity index (χ4v) is 4.64. The lowest BCUT2D eigenvalue weighted by Crippen LogP contribution is -2.48. The normalized spacial score (nSPS) is 18.7. The van der Waals surface area contributed by atoms with Gasteiger partial charge in [-0.25, -0.2) is 0 Å². The van der Waals surface area contributed by atoms with Crippen LogP contribution in [0.2, 0.25) is 0 Å². The highest BCUT2D eigenvalue weighted by Gasteiger charge is 2.33. The molecule has 1 N–H and O–H groups in total. The molecule has 0 aromatic heterocycles. The average Bonchev–Trinajstić information content (AvgIpc) is 2.60. The van der Waals surface area contributed by atoms with E-state index in [2.05, 4.69) is 51.8 Å². The number of phenolic OH excluding ortho intramolecular Hbond substituents is 1. The van der Waals surface area contributed by atoms with E-state index in [9.17, 15) is 5.11 Å². The van der Waals surface area contributed by atoms with E-state index in [1.54, 1.807) is 6.07 Å². The minimum atomic E-state index is 0.354. The Bertz CT molecular complexity index is 850. The number of anilines is 3. The first-order valence-corrected chi connectivity index (χ1v) is 9.04. The Labute approximate surface area is 148 Å². The van der Waals surface area contributed by atoms with Crippen LogP contribution < -0.4 is 14.7 Å². The Morgan fingerprint density at radius 3 is 2.56 bits per heavy atom. The second kappa shape index (κ2) is 5.30. The van der Waals surface area contributed by atoms with Crippen molar-refractivity contribution in [1.82, 2.24) is 4.90 Å². The molecule has 0 unspecified atom stereocenters. The van der Waals surface area contributed by atoms with Crippen LogP contribution in [0, 0.1) is 0 Å². The van der Waals surface area contributed by atoms with Crippen molar-refractivity contribution in [3.63, 3.8) is 0 Å². The summed E-state index contributed by atoms with van der Waals surface area (Å²) < 4.78 is 0. The molecule has 3 aliphatic heterocycles. The molecule has 5 rings (SSSR count). The van der Waals surface area contributed by atoms with Crippen molar-refractivity contribution in [1.29, 1.82) is 0 Å². The van der Waals surface area contributed by atoms with Gasteiger partial charge in [-0.15, -0.1) is 0 Å². The van der Waals surface area contributed by atoms with Crippen LogP contribution in [-0.4, -0.2) is 36.9 Å². The van der Waals surface area contributed by atoms with Crippen LogP contribution in [0.25, 0.3) is 0 Å². The predicted molar refractivity (Wildman–Crippen MR) is 101 cm³/mol. The fraction of sp³-hybridized carbons (Fsp3) is 0.400. The van der Waals surface area contributed by atoms with Crippen LogP contribution in [-0.2, 0) is 19.6 Å². The second-order valence-electron chi connectivity index (χ2n) is 7.43. The molecule has 5 heteroatoms. The summed E-state index contributed by atoms with van der Waals surface area (Å²) in [6, 6.07) is 10.4. The summed E-state index contributed by atoms with van der Waals surface area (Å²) in [6.07, 6.45) is 0. The Morgan fingerprint density at radius 1 is 0.920 bits per heavy atom. The lowest BCUT2D eigenvalue weighted by atomic mass is 9.96. The van der Waals surface area contributed by atoms with E-state index in [1.165, 1.54) is 33.8 Å². The number of hydrogen-bond donors (Lipinski definition) is 1. The van der Waals surface area contributed by atoms with Gasteiger partial charge in [0.05, 0.1) is 13.3 Å². The third kappa shape index (κ3) is 2.19. The molecule has 0 saturated carbocycles. The molecule has 2 aromatic carbocycles. The lowest BCUT2D eigenvalue weighted by Gasteiger charge is -2.47. The van der Waals surface area contributed by atoms with Crippen LogP contribution in [0.1, 0.15) is 23.6 Å². The zero-order valence-corrected chi connectivity index (χ0v) is 14.9. The van der Waals surface area contributed by atoms with Gasteiger partial charge in [0.1, 0.15) is 5.75 Å². The van der Waals surface area contributed by atoms with E-state index in [-0.39, 0.29) is 0 Å². The quantitative estimate of drug-likeness (QED) is 0.866. The minimum absolute atomic E-state index is 0.354. The molecule has 0 spiro atoms. The van der Waals surface area contributed by atoms with E-state index < -0.39 is 0 Å². The van der Waals surface area contributed by atoms with Gasteiger partial charge < -0.3 is 19.8 Å². The molecule has 0 radical (unpaired) electrons. The van der Waals surface area contributed by atoms with Gasteiger partial charge in [-0.3, -0.25) is 4.90 Å². The number of benzene rings is 2. The van der Waals surface area contributed by atoms with Crippen molar-refractivity contribution < 1.29 is 5.11 Å². The van der Waals surface area contributed by atoms with Gasteiger partial charge in [0.2, 0.25) is 0 Å². The van der Waals surface area contributed by atoms with Crippen LogP contribution >= 0.6 is 0 Å². The molecule has 0 atom stereocenters. The first-order chi connectivity index (χ1) is 12.1. The topological polar surface area (TPSA) is 33.2 Å². The molecule has 0 saturated heterocycles. The zero-order chi connectivity index (χ0) is 17.1. The first kappa shape index (κ1) is 14.9. The van der Waals surface area contributed by atoms with Crippen molar-refractivity contribution in [3.05, 3.63) is 47.0 Å². The standard InChI is InChI=1S/C20H24N4O/c1-3-22-12-21(2)9-14-4-6-19-17(20(14)22)11-24-13-23(19)10-15-8-16(25)5-7-18(15)24/h4-8,25H,3,9-13H2,1-2H3. The van der Waals surface area contributed by atoms with Crippen LogP contribution in [0.5, 0.6) is 5.75 Å². The molecule has 3 heterocycles. The number of phenols is 1. The van der Waals surface area contributed by atoms with Crippen LogP contribution in [0.3, 0.4) is 0 Å². The van der Waals surface area contributed by atoms with Crippen molar-refractivity contribution in [2.45, 2.75) is 26.6 Å². The van der Waals surface area contributed by atoms with Gasteiger partial charge >= 0.3 is 0 Å². The summed E-state index contributed by atoms with van der Waals surface area (Å²) in [5.41, 5.74) is 8.15. The Balaban J connectivity index is 1.63. The largest absolute Gasteiger partial charge is 0.508 e. The van der Waals surface area contributed by atoms with Gasteiger partial charge in [0.25, 0.3) is 0 Å². The highest BCUT2D eigenvalue weighted by atomic mass is 16.3. The molecular formula is C20H24N4O. The van der Waals surface area contributed by atoms with E-state index >= 15 is 0 Å². The summed E-state index contributed by atoms with van der Waals surface area (Å²) >= 11 is 0. The van der Waals surface area contributed by atoms with Crippen molar-refractivity contribution in [2.24, 2.45) is 0 Å². The Kier molecular flexibility index (Phi) is 3.16. The molecule has 130 valence electrons. The monoisotopic (exact) mass is 336 g/mol. The molecule has 5 nitrogen and oxygen atoms in total. The van der Waals surface area contributed by atoms with E-state index in [4.69, 9.17) is 0 Å². The number of fused-ring (bicyclic) bond motifs is 8. The third-order valence-corrected chi connectivity index (χ3v) is 5.69. The summed E-state index contributed by atoms with van der Waals surface area (Å²) in [7, 11) is 2.19. The number of hydrogen-bond acceptors (Lipinski definition) is 5. The number of nitrogens with zero attached hydrogens (tertiary/aromatic N) is 4. The maximum Gasteiger partial charge on any atom is 0.116 e. The molecular weight excluding hydrogens is 312 g/mol. The number of rotatable bonds is 1. The maximum absolute atomic E-state index is 9.85. The molecule has 0 fully saturated rings. The molecule has 2 aromatic rings. The van der Waals surface area contributed by atoms with Crippen LogP contribution in [0.15, 0.2) is 30.3 Å².